The molecular formula is C22H24N6O2. The third-order valence-electron chi connectivity index (χ3n) is 5.29. The van der Waals surface area contributed by atoms with Crippen molar-refractivity contribution >= 4 is 28.4 Å². The fourth-order valence-corrected chi connectivity index (χ4v) is 3.90. The number of hydrogen-bond donors (Lipinski definition) is 4. The van der Waals surface area contributed by atoms with Crippen LogP contribution in [0.4, 0.5) is 5.69 Å². The van der Waals surface area contributed by atoms with E-state index in [1.165, 1.54) is 6.92 Å². The van der Waals surface area contributed by atoms with E-state index in [-0.39, 0.29) is 29.9 Å². The first-order valence-electron chi connectivity index (χ1n) is 10.0. The summed E-state index contributed by atoms with van der Waals surface area (Å²) in [6, 6.07) is 7.76. The monoisotopic (exact) mass is 404 g/mol. The molecule has 1 fully saturated rings. The molecule has 1 aromatic rings. The maximum atomic E-state index is 13.0. The Balaban J connectivity index is 1.66. The third kappa shape index (κ3) is 3.66. The van der Waals surface area contributed by atoms with Gasteiger partial charge in [0.25, 0.3) is 5.91 Å². The highest BCUT2D eigenvalue weighted by atomic mass is 16.2. The molecule has 0 spiro atoms. The Labute approximate surface area is 174 Å². The number of fused-ring (bicyclic) bond motifs is 3. The normalized spacial score (nSPS) is 18.1. The van der Waals surface area contributed by atoms with Gasteiger partial charge in [-0.05, 0) is 44.9 Å². The topological polar surface area (TPSA) is 123 Å². The summed E-state index contributed by atoms with van der Waals surface area (Å²) in [6.45, 7) is 5.51. The van der Waals surface area contributed by atoms with E-state index in [0.29, 0.717) is 28.0 Å². The fourth-order valence-electron chi connectivity index (χ4n) is 3.90. The van der Waals surface area contributed by atoms with Gasteiger partial charge >= 0.3 is 0 Å². The van der Waals surface area contributed by atoms with Crippen molar-refractivity contribution in [3.8, 4) is 17.5 Å². The minimum absolute atomic E-state index is 0.0295. The Morgan fingerprint density at radius 2 is 1.97 bits per heavy atom. The molecule has 1 aliphatic carbocycles. The smallest absolute Gasteiger partial charge is 0.255 e. The summed E-state index contributed by atoms with van der Waals surface area (Å²) in [5.74, 6) is -0.241. The van der Waals surface area contributed by atoms with Crippen LogP contribution in [0, 0.1) is 11.3 Å². The number of rotatable bonds is 5. The van der Waals surface area contributed by atoms with Gasteiger partial charge in [0.15, 0.2) is 0 Å². The predicted molar refractivity (Wildman–Crippen MR) is 114 cm³/mol. The Morgan fingerprint density at radius 1 is 1.23 bits per heavy atom. The van der Waals surface area contributed by atoms with Crippen LogP contribution in [0.15, 0.2) is 24.4 Å². The zero-order chi connectivity index (χ0) is 21.4. The number of aromatic amines is 1. The van der Waals surface area contributed by atoms with Gasteiger partial charge in [-0.2, -0.15) is 5.26 Å². The van der Waals surface area contributed by atoms with Crippen molar-refractivity contribution in [2.75, 3.05) is 5.32 Å². The lowest BCUT2D eigenvalue weighted by molar-refractivity contribution is -0.120. The van der Waals surface area contributed by atoms with Crippen molar-refractivity contribution in [1.29, 1.82) is 5.26 Å². The minimum atomic E-state index is -0.188. The molecule has 0 unspecified atom stereocenters. The lowest BCUT2D eigenvalue weighted by Gasteiger charge is -2.36. The van der Waals surface area contributed by atoms with E-state index in [1.807, 2.05) is 19.9 Å². The highest BCUT2D eigenvalue weighted by Crippen LogP contribution is 2.37. The van der Waals surface area contributed by atoms with Gasteiger partial charge in [-0.15, -0.1) is 0 Å². The molecule has 0 saturated heterocycles. The number of nitrogens with zero attached hydrogens (tertiary/aromatic N) is 2. The van der Waals surface area contributed by atoms with Crippen LogP contribution in [-0.4, -0.2) is 39.9 Å². The van der Waals surface area contributed by atoms with E-state index in [1.54, 1.807) is 18.3 Å². The van der Waals surface area contributed by atoms with Crippen molar-refractivity contribution in [3.05, 3.63) is 35.5 Å². The fraction of sp³-hybridized carbons (Fsp3) is 0.364. The maximum Gasteiger partial charge on any atom is 0.255 e. The van der Waals surface area contributed by atoms with Crippen molar-refractivity contribution in [2.24, 2.45) is 0 Å². The van der Waals surface area contributed by atoms with Crippen molar-refractivity contribution in [3.63, 3.8) is 0 Å². The second-order valence-electron chi connectivity index (χ2n) is 8.09. The van der Waals surface area contributed by atoms with Crippen LogP contribution in [0.2, 0.25) is 0 Å². The molecule has 1 aromatic carbocycles. The first kappa shape index (κ1) is 19.7. The second kappa shape index (κ2) is 7.67. The molecule has 2 heterocycles. The second-order valence-corrected chi connectivity index (χ2v) is 8.09. The molecule has 4 rings (SSSR count). The Kier molecular flexibility index (Phi) is 5.04. The number of H-pyrrole nitrogens is 1. The largest absolute Gasteiger partial charge is 0.380 e. The number of nitrogens with one attached hydrogen (secondary N) is 4. The van der Waals surface area contributed by atoms with Crippen LogP contribution in [0.25, 0.3) is 22.3 Å². The molecule has 1 saturated carbocycles. The van der Waals surface area contributed by atoms with Crippen molar-refractivity contribution < 1.29 is 9.59 Å². The summed E-state index contributed by atoms with van der Waals surface area (Å²) in [5, 5.41) is 19.3. The molecule has 2 aliphatic heterocycles. The van der Waals surface area contributed by atoms with Crippen LogP contribution >= 0.6 is 0 Å². The summed E-state index contributed by atoms with van der Waals surface area (Å²) in [5.41, 5.74) is 3.91. The van der Waals surface area contributed by atoms with E-state index in [9.17, 15) is 9.59 Å². The van der Waals surface area contributed by atoms with Gasteiger partial charge in [-0.1, -0.05) is 0 Å². The first-order valence-corrected chi connectivity index (χ1v) is 10.0. The summed E-state index contributed by atoms with van der Waals surface area (Å²) >= 11 is 0. The molecule has 8 heteroatoms. The van der Waals surface area contributed by atoms with Crippen LogP contribution in [0.1, 0.15) is 49.5 Å². The van der Waals surface area contributed by atoms with Gasteiger partial charge in [0, 0.05) is 36.6 Å². The van der Waals surface area contributed by atoms with Crippen LogP contribution in [0.5, 0.6) is 0 Å². The molecular weight excluding hydrogens is 380 g/mol. The molecule has 0 aromatic heterocycles. The van der Waals surface area contributed by atoms with E-state index in [4.69, 9.17) is 10.2 Å². The van der Waals surface area contributed by atoms with Gasteiger partial charge in [0.1, 0.15) is 5.69 Å². The van der Waals surface area contributed by atoms with E-state index in [2.05, 4.69) is 27.0 Å². The van der Waals surface area contributed by atoms with Gasteiger partial charge < -0.3 is 20.9 Å². The van der Waals surface area contributed by atoms with Gasteiger partial charge in [0.05, 0.1) is 34.1 Å². The standard InChI is InChI=1S/C22H24N6O2/c1-11(2)25-20-17(22(30)27-15-7-14(8-15)26-12(3)29)10-24-19-16-5-4-13(9-23)6-18(16)28-21(19)20/h4-6,10-11,14-15,24-25H,7-8H2,1-3H3,(H,26,29)(H,27,30). The summed E-state index contributed by atoms with van der Waals surface area (Å²) in [6.07, 6.45) is 3.14. The lowest BCUT2D eigenvalue weighted by Crippen LogP contribution is -2.53. The van der Waals surface area contributed by atoms with Gasteiger partial charge in [-0.3, -0.25) is 9.59 Å². The number of carbonyl (C=O) groups is 2. The van der Waals surface area contributed by atoms with E-state index < -0.39 is 0 Å². The molecule has 154 valence electrons. The van der Waals surface area contributed by atoms with Gasteiger partial charge in [-0.25, -0.2) is 4.98 Å². The third-order valence-corrected chi connectivity index (χ3v) is 5.29. The van der Waals surface area contributed by atoms with Crippen molar-refractivity contribution in [1.82, 2.24) is 20.6 Å². The Hall–Kier alpha value is -3.60. The number of benzene rings is 1. The SMILES string of the molecule is CC(=O)NC1CC(NC(=O)c2c[nH]c3c4ccc(C#N)cc4nc-3c2NC(C)C)C1. The predicted octanol–water partition coefficient (Wildman–Crippen LogP) is 2.76. The van der Waals surface area contributed by atoms with Crippen LogP contribution in [0.3, 0.4) is 0 Å². The summed E-state index contributed by atoms with van der Waals surface area (Å²) in [4.78, 5) is 32.1. The average molecular weight is 404 g/mol. The Bertz CT molecular complexity index is 1140. The van der Waals surface area contributed by atoms with Crippen LogP contribution < -0.4 is 16.0 Å². The molecule has 30 heavy (non-hydrogen) atoms. The molecule has 8 nitrogen and oxygen atoms in total. The number of pyridine rings is 1. The molecule has 4 N–H and O–H groups in total. The van der Waals surface area contributed by atoms with Gasteiger partial charge in [0.2, 0.25) is 5.91 Å². The van der Waals surface area contributed by atoms with E-state index in [0.717, 1.165) is 23.9 Å². The number of aromatic nitrogens is 2. The Morgan fingerprint density at radius 3 is 2.63 bits per heavy atom. The molecule has 0 radical (unpaired) electrons. The molecule has 0 bridgehead atoms. The number of carbonyl (C=O) groups excluding carboxylic acids is 2. The minimum Gasteiger partial charge on any atom is -0.380 e. The number of anilines is 1. The number of hydrogen-bond acceptors (Lipinski definition) is 5. The van der Waals surface area contributed by atoms with Crippen LogP contribution in [-0.2, 0) is 4.79 Å². The first-order chi connectivity index (χ1) is 14.4. The highest BCUT2D eigenvalue weighted by molar-refractivity contribution is 6.07. The summed E-state index contributed by atoms with van der Waals surface area (Å²) in [7, 11) is 0. The quantitative estimate of drug-likeness (QED) is 0.521. The zero-order valence-electron chi connectivity index (χ0n) is 17.2. The lowest BCUT2D eigenvalue weighted by atomic mass is 9.86. The number of nitriles is 1. The highest BCUT2D eigenvalue weighted by Gasteiger charge is 2.32. The molecule has 0 atom stereocenters. The number of amides is 2. The average Bonchev–Trinajstić information content (AvgIpc) is 3.03. The molecule has 2 amide bonds. The summed E-state index contributed by atoms with van der Waals surface area (Å²) < 4.78 is 0. The van der Waals surface area contributed by atoms with E-state index >= 15 is 0 Å². The molecule has 3 aliphatic rings. The zero-order valence-corrected chi connectivity index (χ0v) is 17.2. The maximum absolute atomic E-state index is 13.0. The van der Waals surface area contributed by atoms with Crippen molar-refractivity contribution in [2.45, 2.75) is 51.7 Å².